The van der Waals surface area contributed by atoms with Gasteiger partial charge in [-0.2, -0.15) is 0 Å². The van der Waals surface area contributed by atoms with E-state index < -0.39 is 5.97 Å². The van der Waals surface area contributed by atoms with Gasteiger partial charge in [0.15, 0.2) is 0 Å². The van der Waals surface area contributed by atoms with Crippen LogP contribution in [0, 0.1) is 0 Å². The molecule has 0 aromatic heterocycles. The number of rotatable bonds is 5. The van der Waals surface area contributed by atoms with E-state index in [1.54, 1.807) is 0 Å². The smallest absolute Gasteiger partial charge is 0.304 e. The summed E-state index contributed by atoms with van der Waals surface area (Å²) in [6.45, 7) is 1.75. The van der Waals surface area contributed by atoms with Gasteiger partial charge in [0.1, 0.15) is 0 Å². The minimum Gasteiger partial charge on any atom is -0.481 e. The van der Waals surface area contributed by atoms with E-state index in [1.807, 2.05) is 0 Å². The van der Waals surface area contributed by atoms with E-state index >= 15 is 0 Å². The van der Waals surface area contributed by atoms with E-state index in [9.17, 15) is 4.79 Å². The second kappa shape index (κ2) is 13.9. The fourth-order valence-corrected chi connectivity index (χ4v) is 0.422. The first-order valence-electron chi connectivity index (χ1n) is 2.90. The molecule has 2 radical (unpaired) electrons. The van der Waals surface area contributed by atoms with Crippen molar-refractivity contribution in [1.29, 1.82) is 0 Å². The average Bonchev–Trinajstić information content (AvgIpc) is 1.80. The summed E-state index contributed by atoms with van der Waals surface area (Å²) in [6.07, 6.45) is 0.167. The molecule has 0 unspecified atom stereocenters. The molecule has 0 saturated carbocycles. The molecule has 0 atom stereocenters. The van der Waals surface area contributed by atoms with Crippen LogP contribution in [0.2, 0.25) is 0 Å². The Hall–Kier alpha value is 1.39. The van der Waals surface area contributed by atoms with Crippen LogP contribution in [0.1, 0.15) is 6.42 Å². The molecule has 0 saturated heterocycles. The van der Waals surface area contributed by atoms with E-state index in [2.05, 4.69) is 5.32 Å². The summed E-state index contributed by atoms with van der Waals surface area (Å²) in [4.78, 5) is 9.89. The van der Waals surface area contributed by atoms with Crippen LogP contribution >= 0.6 is 0 Å². The predicted molar refractivity (Wildman–Crippen MR) is 45.7 cm³/mol. The molecule has 0 amide bonds. The zero-order valence-electron chi connectivity index (χ0n) is 7.26. The molecule has 0 aliphatic rings. The number of carboxylic acids is 1. The van der Waals surface area contributed by atoms with E-state index in [0.29, 0.717) is 19.6 Å². The van der Waals surface area contributed by atoms with Gasteiger partial charge in [-0.3, -0.25) is 4.79 Å². The number of hydrogen-bond donors (Lipinski definition) is 3. The van der Waals surface area contributed by atoms with Crippen LogP contribution < -0.4 is 11.1 Å². The maximum absolute atomic E-state index is 9.89. The zero-order chi connectivity index (χ0) is 7.11. The summed E-state index contributed by atoms with van der Waals surface area (Å²) >= 11 is 0. The molecule has 0 spiro atoms. The maximum atomic E-state index is 9.89. The standard InChI is InChI=1S/C5H12N2O2.2Na/c6-2-4-7-3-1-5(8)9;;/h7H,1-4,6H2,(H,8,9);;. The van der Waals surface area contributed by atoms with Gasteiger partial charge in [0, 0.05) is 78.7 Å². The number of aliphatic carboxylic acids is 1. The van der Waals surface area contributed by atoms with Crippen LogP contribution in [-0.2, 0) is 4.79 Å². The molecule has 0 rings (SSSR count). The molecule has 0 aromatic carbocycles. The van der Waals surface area contributed by atoms with Gasteiger partial charge in [-0.15, -0.1) is 0 Å². The Bertz CT molecular complexity index is 92.6. The fraction of sp³-hybridized carbons (Fsp3) is 0.800. The Labute approximate surface area is 111 Å². The molecule has 0 heterocycles. The van der Waals surface area contributed by atoms with E-state index in [0.717, 1.165) is 0 Å². The van der Waals surface area contributed by atoms with Crippen molar-refractivity contribution < 1.29 is 9.90 Å². The topological polar surface area (TPSA) is 75.3 Å². The van der Waals surface area contributed by atoms with Crippen LogP contribution in [-0.4, -0.2) is 89.8 Å². The van der Waals surface area contributed by atoms with Crippen LogP contribution in [0.4, 0.5) is 0 Å². The molecular weight excluding hydrogens is 166 g/mol. The number of hydrogen-bond acceptors (Lipinski definition) is 3. The molecule has 11 heavy (non-hydrogen) atoms. The van der Waals surface area contributed by atoms with Crippen LogP contribution in [0.5, 0.6) is 0 Å². The van der Waals surface area contributed by atoms with Crippen LogP contribution in [0.25, 0.3) is 0 Å². The molecule has 0 fully saturated rings. The minimum atomic E-state index is -0.778. The third-order valence-electron chi connectivity index (χ3n) is 0.837. The quantitative estimate of drug-likeness (QED) is 0.344. The summed E-state index contributed by atoms with van der Waals surface area (Å²) < 4.78 is 0. The first kappa shape index (κ1) is 18.2. The zero-order valence-corrected chi connectivity index (χ0v) is 11.3. The Kier molecular flexibility index (Phi) is 23.1. The van der Waals surface area contributed by atoms with E-state index in [-0.39, 0.29) is 65.5 Å². The molecule has 4 nitrogen and oxygen atoms in total. The Morgan fingerprint density at radius 3 is 2.27 bits per heavy atom. The monoisotopic (exact) mass is 178 g/mol. The maximum Gasteiger partial charge on any atom is 0.304 e. The minimum absolute atomic E-state index is 0. The number of carbonyl (C=O) groups is 1. The van der Waals surface area contributed by atoms with Gasteiger partial charge in [-0.25, -0.2) is 0 Å². The Morgan fingerprint density at radius 1 is 1.36 bits per heavy atom. The van der Waals surface area contributed by atoms with Crippen molar-refractivity contribution in [3.63, 3.8) is 0 Å². The van der Waals surface area contributed by atoms with Gasteiger partial charge >= 0.3 is 5.97 Å². The number of nitrogens with two attached hydrogens (primary N) is 1. The second-order valence-electron chi connectivity index (χ2n) is 1.68. The average molecular weight is 178 g/mol. The summed E-state index contributed by atoms with van der Waals surface area (Å²) in [5.74, 6) is -0.778. The van der Waals surface area contributed by atoms with Crippen molar-refractivity contribution in [1.82, 2.24) is 5.32 Å². The Balaban J connectivity index is -0.000000320. The summed E-state index contributed by atoms with van der Waals surface area (Å²) in [5.41, 5.74) is 5.14. The molecule has 56 valence electrons. The van der Waals surface area contributed by atoms with E-state index in [4.69, 9.17) is 10.8 Å². The molecular formula is C5H12N2Na2O2. The molecule has 6 heteroatoms. The molecule has 4 N–H and O–H groups in total. The molecule has 0 aliphatic carbocycles. The predicted octanol–water partition coefficient (Wildman–Crippen LogP) is -1.75. The Morgan fingerprint density at radius 2 is 1.91 bits per heavy atom. The van der Waals surface area contributed by atoms with Crippen LogP contribution in [0.3, 0.4) is 0 Å². The van der Waals surface area contributed by atoms with Crippen molar-refractivity contribution in [2.75, 3.05) is 19.6 Å². The van der Waals surface area contributed by atoms with Crippen molar-refractivity contribution in [3.05, 3.63) is 0 Å². The van der Waals surface area contributed by atoms with Gasteiger partial charge in [0.25, 0.3) is 0 Å². The number of carboxylic acid groups (broad SMARTS) is 1. The summed E-state index contributed by atoms with van der Waals surface area (Å²) in [6, 6.07) is 0. The second-order valence-corrected chi connectivity index (χ2v) is 1.68. The number of nitrogens with one attached hydrogen (secondary N) is 1. The molecule has 0 aliphatic heterocycles. The van der Waals surface area contributed by atoms with Crippen molar-refractivity contribution in [3.8, 4) is 0 Å². The first-order valence-corrected chi connectivity index (χ1v) is 2.90. The van der Waals surface area contributed by atoms with Gasteiger partial charge < -0.3 is 16.2 Å². The third kappa shape index (κ3) is 18.4. The van der Waals surface area contributed by atoms with Gasteiger partial charge in [0.05, 0.1) is 6.42 Å². The third-order valence-corrected chi connectivity index (χ3v) is 0.837. The summed E-state index contributed by atoms with van der Waals surface area (Å²) in [5, 5.41) is 11.0. The van der Waals surface area contributed by atoms with E-state index in [1.165, 1.54) is 0 Å². The fourth-order valence-electron chi connectivity index (χ4n) is 0.422. The first-order chi connectivity index (χ1) is 4.27. The van der Waals surface area contributed by atoms with Gasteiger partial charge in [-0.05, 0) is 0 Å². The van der Waals surface area contributed by atoms with Gasteiger partial charge in [0.2, 0.25) is 0 Å². The van der Waals surface area contributed by atoms with Crippen LogP contribution in [0.15, 0.2) is 0 Å². The van der Waals surface area contributed by atoms with Gasteiger partial charge in [-0.1, -0.05) is 0 Å². The largest absolute Gasteiger partial charge is 0.481 e. The normalized spacial score (nSPS) is 7.73. The molecule has 0 aromatic rings. The van der Waals surface area contributed by atoms with Crippen molar-refractivity contribution in [2.24, 2.45) is 5.73 Å². The van der Waals surface area contributed by atoms with Crippen molar-refractivity contribution in [2.45, 2.75) is 6.42 Å². The summed E-state index contributed by atoms with van der Waals surface area (Å²) in [7, 11) is 0. The molecule has 0 bridgehead atoms. The van der Waals surface area contributed by atoms with Crippen molar-refractivity contribution >= 4 is 65.1 Å². The SMILES string of the molecule is NCCNCCC(=O)O.[Na].[Na].